The number of anilines is 1. The van der Waals surface area contributed by atoms with Gasteiger partial charge < -0.3 is 4.74 Å². The van der Waals surface area contributed by atoms with Crippen molar-refractivity contribution in [3.8, 4) is 5.19 Å². The van der Waals surface area contributed by atoms with E-state index >= 15 is 0 Å². The summed E-state index contributed by atoms with van der Waals surface area (Å²) in [5, 5.41) is 9.56. The molecule has 11 heteroatoms. The highest BCUT2D eigenvalue weighted by molar-refractivity contribution is 7.17. The largest absolute Gasteiger partial charge is 0.461 e. The molecule has 0 aliphatic heterocycles. The molecule has 0 spiro atoms. The van der Waals surface area contributed by atoms with Gasteiger partial charge in [0.1, 0.15) is 5.51 Å². The molecule has 0 fully saturated rings. The first kappa shape index (κ1) is 14.6. The maximum absolute atomic E-state index is 11.8. The van der Waals surface area contributed by atoms with E-state index in [0.29, 0.717) is 16.1 Å². The van der Waals surface area contributed by atoms with Gasteiger partial charge in [0.15, 0.2) is 12.4 Å². The van der Waals surface area contributed by atoms with Crippen LogP contribution in [-0.2, 0) is 11.4 Å². The van der Waals surface area contributed by atoms with E-state index in [1.54, 1.807) is 12.6 Å². The van der Waals surface area contributed by atoms with Gasteiger partial charge in [-0.2, -0.15) is 4.37 Å². The van der Waals surface area contributed by atoms with Gasteiger partial charge in [0.05, 0.1) is 7.11 Å². The highest BCUT2D eigenvalue weighted by Crippen LogP contribution is 2.26. The molecule has 0 unspecified atom stereocenters. The summed E-state index contributed by atoms with van der Waals surface area (Å²) >= 11 is 2.39. The van der Waals surface area contributed by atoms with Crippen molar-refractivity contribution in [2.75, 3.05) is 26.1 Å². The first-order valence-electron chi connectivity index (χ1n) is 5.39. The molecular formula is C9H12N6O3S2. The lowest BCUT2D eigenvalue weighted by atomic mass is 10.7. The Hall–Kier alpha value is -1.85. The Kier molecular flexibility index (Phi) is 4.76. The monoisotopic (exact) mass is 316 g/mol. The molecule has 2 heterocycles. The maximum Gasteiger partial charge on any atom is 0.349 e. The summed E-state index contributed by atoms with van der Waals surface area (Å²) in [6.07, 6.45) is 0. The zero-order valence-corrected chi connectivity index (χ0v) is 12.6. The van der Waals surface area contributed by atoms with Crippen molar-refractivity contribution in [3.63, 3.8) is 0 Å². The van der Waals surface area contributed by atoms with Crippen molar-refractivity contribution < 1.29 is 14.4 Å². The topological polar surface area (TPSA) is 93.6 Å². The van der Waals surface area contributed by atoms with Crippen LogP contribution in [0.2, 0.25) is 0 Å². The number of rotatable bonds is 5. The average Bonchev–Trinajstić information content (AvgIpc) is 3.13. The predicted octanol–water partition coefficient (Wildman–Crippen LogP) is 1.02. The van der Waals surface area contributed by atoms with E-state index in [9.17, 15) is 4.79 Å². The highest BCUT2D eigenvalue weighted by atomic mass is 32.1. The standard InChI is InChI=1S/C9H12N6O3S2/c1-14(9(16)15(2)17-3)7-11-12-8(20-7)18-4-6-10-5-19-13-6/h5H,4H2,1-3H3. The first-order chi connectivity index (χ1) is 9.61. The van der Waals surface area contributed by atoms with Crippen LogP contribution < -0.4 is 9.64 Å². The number of hydrogen-bond donors (Lipinski definition) is 0. The molecule has 0 saturated carbocycles. The smallest absolute Gasteiger partial charge is 0.349 e. The number of carbonyl (C=O) groups is 1. The Labute approximate surface area is 122 Å². The molecule has 0 aliphatic carbocycles. The third-order valence-corrected chi connectivity index (χ3v) is 3.67. The van der Waals surface area contributed by atoms with Crippen LogP contribution in [0.25, 0.3) is 0 Å². The number of aromatic nitrogens is 4. The molecule has 0 atom stereocenters. The molecule has 9 nitrogen and oxygen atoms in total. The summed E-state index contributed by atoms with van der Waals surface area (Å²) in [5.41, 5.74) is 1.62. The van der Waals surface area contributed by atoms with E-state index in [1.807, 2.05) is 0 Å². The van der Waals surface area contributed by atoms with Crippen molar-refractivity contribution in [1.82, 2.24) is 24.6 Å². The number of hydrogen-bond acceptors (Lipinski definition) is 9. The van der Waals surface area contributed by atoms with Crippen LogP contribution in [0.5, 0.6) is 5.19 Å². The fourth-order valence-corrected chi connectivity index (χ4v) is 2.24. The van der Waals surface area contributed by atoms with Crippen molar-refractivity contribution in [3.05, 3.63) is 11.3 Å². The van der Waals surface area contributed by atoms with Gasteiger partial charge in [-0.05, 0) is 22.9 Å². The fraction of sp³-hybridized carbons (Fsp3) is 0.444. The lowest BCUT2D eigenvalue weighted by Crippen LogP contribution is -2.38. The van der Waals surface area contributed by atoms with Crippen LogP contribution in [0, 0.1) is 0 Å². The van der Waals surface area contributed by atoms with Gasteiger partial charge in [-0.25, -0.2) is 14.8 Å². The highest BCUT2D eigenvalue weighted by Gasteiger charge is 2.20. The lowest BCUT2D eigenvalue weighted by molar-refractivity contribution is -0.0619. The van der Waals surface area contributed by atoms with Crippen LogP contribution >= 0.6 is 22.9 Å². The summed E-state index contributed by atoms with van der Waals surface area (Å²) in [6.45, 7) is 0.216. The summed E-state index contributed by atoms with van der Waals surface area (Å²) in [4.78, 5) is 21.9. The second-order valence-electron chi connectivity index (χ2n) is 3.51. The van der Waals surface area contributed by atoms with E-state index in [4.69, 9.17) is 9.57 Å². The Morgan fingerprint density at radius 3 is 2.85 bits per heavy atom. The molecule has 2 amide bonds. The van der Waals surface area contributed by atoms with E-state index in [1.165, 1.54) is 30.6 Å². The van der Waals surface area contributed by atoms with Gasteiger partial charge >= 0.3 is 6.03 Å². The minimum absolute atomic E-state index is 0.216. The minimum Gasteiger partial charge on any atom is -0.461 e. The van der Waals surface area contributed by atoms with Crippen LogP contribution in [0.15, 0.2) is 5.51 Å². The van der Waals surface area contributed by atoms with E-state index < -0.39 is 0 Å². The molecule has 0 bridgehead atoms. The molecule has 0 radical (unpaired) electrons. The molecule has 0 aromatic carbocycles. The van der Waals surface area contributed by atoms with Gasteiger partial charge in [0.25, 0.3) is 5.19 Å². The van der Waals surface area contributed by atoms with Crippen LogP contribution in [0.3, 0.4) is 0 Å². The molecule has 0 aliphatic rings. The normalized spacial score (nSPS) is 10.3. The van der Waals surface area contributed by atoms with E-state index in [0.717, 1.165) is 16.4 Å². The van der Waals surface area contributed by atoms with Crippen LogP contribution in [0.1, 0.15) is 5.82 Å². The van der Waals surface area contributed by atoms with Crippen molar-refractivity contribution in [1.29, 1.82) is 0 Å². The van der Waals surface area contributed by atoms with Gasteiger partial charge in [-0.3, -0.25) is 9.74 Å². The third-order valence-electron chi connectivity index (χ3n) is 2.24. The molecule has 108 valence electrons. The molecule has 2 aromatic rings. The summed E-state index contributed by atoms with van der Waals surface area (Å²) in [7, 11) is 4.48. The Morgan fingerprint density at radius 2 is 2.20 bits per heavy atom. The molecule has 0 N–H and O–H groups in total. The Bertz CT molecular complexity index is 560. The zero-order valence-electron chi connectivity index (χ0n) is 11.0. The van der Waals surface area contributed by atoms with E-state index in [2.05, 4.69) is 19.6 Å². The third kappa shape index (κ3) is 3.37. The fourth-order valence-electron chi connectivity index (χ4n) is 1.15. The summed E-state index contributed by atoms with van der Waals surface area (Å²) in [5.74, 6) is 0.579. The number of amides is 2. The number of nitrogens with zero attached hydrogens (tertiary/aromatic N) is 6. The quantitative estimate of drug-likeness (QED) is 0.760. The number of hydroxylamine groups is 2. The van der Waals surface area contributed by atoms with Gasteiger partial charge in [-0.15, -0.1) is 5.10 Å². The predicted molar refractivity (Wildman–Crippen MR) is 72.7 cm³/mol. The molecule has 0 saturated heterocycles. The zero-order chi connectivity index (χ0) is 14.5. The number of urea groups is 1. The molecule has 2 aromatic heterocycles. The molecule has 20 heavy (non-hydrogen) atoms. The van der Waals surface area contributed by atoms with Crippen molar-refractivity contribution in [2.45, 2.75) is 6.61 Å². The average molecular weight is 316 g/mol. The minimum atomic E-state index is -0.364. The van der Waals surface area contributed by atoms with Crippen molar-refractivity contribution >= 4 is 34.0 Å². The maximum atomic E-state index is 11.8. The Morgan fingerprint density at radius 1 is 1.40 bits per heavy atom. The molecular weight excluding hydrogens is 304 g/mol. The summed E-state index contributed by atoms with van der Waals surface area (Å²) in [6, 6.07) is -0.364. The Balaban J connectivity index is 1.96. The van der Waals surface area contributed by atoms with Crippen molar-refractivity contribution in [2.24, 2.45) is 0 Å². The van der Waals surface area contributed by atoms with Crippen LogP contribution in [-0.4, -0.2) is 51.9 Å². The SMILES string of the molecule is CON(C)C(=O)N(C)c1nnc(OCc2ncsn2)s1. The summed E-state index contributed by atoms with van der Waals surface area (Å²) < 4.78 is 9.40. The van der Waals surface area contributed by atoms with Gasteiger partial charge in [-0.1, -0.05) is 5.10 Å². The van der Waals surface area contributed by atoms with Gasteiger partial charge in [0.2, 0.25) is 5.13 Å². The number of ether oxygens (including phenoxy) is 1. The second kappa shape index (κ2) is 6.54. The van der Waals surface area contributed by atoms with Gasteiger partial charge in [0, 0.05) is 14.1 Å². The lowest BCUT2D eigenvalue weighted by Gasteiger charge is -2.19. The second-order valence-corrected chi connectivity index (χ2v) is 5.03. The number of carbonyl (C=O) groups excluding carboxylic acids is 1. The first-order valence-corrected chi connectivity index (χ1v) is 7.04. The molecule has 2 rings (SSSR count). The van der Waals surface area contributed by atoms with E-state index in [-0.39, 0.29) is 12.6 Å². The van der Waals surface area contributed by atoms with Crippen LogP contribution in [0.4, 0.5) is 9.93 Å².